The normalized spacial score (nSPS) is 22.5. The van der Waals surface area contributed by atoms with Gasteiger partial charge in [-0.2, -0.15) is 0 Å². The molecule has 2 N–H and O–H groups in total. The van der Waals surface area contributed by atoms with Gasteiger partial charge in [0.2, 0.25) is 0 Å². The smallest absolute Gasteiger partial charge is 0.321 e. The van der Waals surface area contributed by atoms with Crippen molar-refractivity contribution in [3.8, 4) is 0 Å². The lowest BCUT2D eigenvalue weighted by Crippen LogP contribution is -2.38. The summed E-state index contributed by atoms with van der Waals surface area (Å²) >= 11 is 1.59. The highest BCUT2D eigenvalue weighted by atomic mass is 32.1. The van der Waals surface area contributed by atoms with Crippen molar-refractivity contribution in [2.75, 3.05) is 18.5 Å². The summed E-state index contributed by atoms with van der Waals surface area (Å²) in [4.78, 5) is 17.4. The standard InChI is InChI=1S/C11H15N3O2S/c15-10(12-7-4-5-16-6-7)14-11-13-8-2-1-3-9(8)17-11/h7H,1-6H2,(H2,12,13,14,15). The molecule has 1 saturated heterocycles. The largest absolute Gasteiger partial charge is 0.379 e. The number of hydrogen-bond donors (Lipinski definition) is 2. The quantitative estimate of drug-likeness (QED) is 0.840. The minimum atomic E-state index is -0.173. The van der Waals surface area contributed by atoms with Gasteiger partial charge in [0.05, 0.1) is 18.3 Å². The first-order chi connectivity index (χ1) is 8.31. The third-order valence-electron chi connectivity index (χ3n) is 3.08. The van der Waals surface area contributed by atoms with E-state index in [1.54, 1.807) is 11.3 Å². The van der Waals surface area contributed by atoms with Gasteiger partial charge in [-0.3, -0.25) is 5.32 Å². The number of aryl methyl sites for hydroxylation is 2. The SMILES string of the molecule is O=C(Nc1nc2c(s1)CCC2)NC1CCOC1. The van der Waals surface area contributed by atoms with Crippen LogP contribution in [0.1, 0.15) is 23.4 Å². The minimum absolute atomic E-state index is 0.141. The number of thiazole rings is 1. The van der Waals surface area contributed by atoms with E-state index in [1.807, 2.05) is 0 Å². The monoisotopic (exact) mass is 253 g/mol. The summed E-state index contributed by atoms with van der Waals surface area (Å²) in [6.07, 6.45) is 4.24. The molecule has 1 aliphatic carbocycles. The van der Waals surface area contributed by atoms with E-state index >= 15 is 0 Å². The fourth-order valence-corrected chi connectivity index (χ4v) is 3.26. The van der Waals surface area contributed by atoms with Crippen molar-refractivity contribution in [2.24, 2.45) is 0 Å². The Balaban J connectivity index is 1.56. The molecule has 3 rings (SSSR count). The number of urea groups is 1. The highest BCUT2D eigenvalue weighted by molar-refractivity contribution is 7.15. The average Bonchev–Trinajstić information content (AvgIpc) is 2.92. The second-order valence-electron chi connectivity index (χ2n) is 4.40. The predicted molar refractivity (Wildman–Crippen MR) is 65.5 cm³/mol. The average molecular weight is 253 g/mol. The molecule has 1 aliphatic heterocycles. The lowest BCUT2D eigenvalue weighted by molar-refractivity contribution is 0.189. The van der Waals surface area contributed by atoms with E-state index in [9.17, 15) is 4.79 Å². The Labute approximate surface area is 104 Å². The zero-order valence-electron chi connectivity index (χ0n) is 9.49. The van der Waals surface area contributed by atoms with Crippen LogP contribution in [0.25, 0.3) is 0 Å². The number of nitrogens with zero attached hydrogens (tertiary/aromatic N) is 1. The summed E-state index contributed by atoms with van der Waals surface area (Å²) in [5.41, 5.74) is 1.16. The maximum absolute atomic E-state index is 11.7. The third kappa shape index (κ3) is 2.42. The Morgan fingerprint density at radius 2 is 2.41 bits per heavy atom. The van der Waals surface area contributed by atoms with Crippen molar-refractivity contribution < 1.29 is 9.53 Å². The van der Waals surface area contributed by atoms with Crippen LogP contribution in [-0.4, -0.2) is 30.3 Å². The van der Waals surface area contributed by atoms with Gasteiger partial charge in [-0.25, -0.2) is 9.78 Å². The van der Waals surface area contributed by atoms with Gasteiger partial charge in [0.25, 0.3) is 0 Å². The predicted octanol–water partition coefficient (Wildman–Crippen LogP) is 1.54. The van der Waals surface area contributed by atoms with Crippen LogP contribution in [0.5, 0.6) is 0 Å². The van der Waals surface area contributed by atoms with Gasteiger partial charge in [-0.15, -0.1) is 11.3 Å². The number of hydrogen-bond acceptors (Lipinski definition) is 4. The van der Waals surface area contributed by atoms with Gasteiger partial charge in [0, 0.05) is 11.5 Å². The number of amides is 2. The third-order valence-corrected chi connectivity index (χ3v) is 4.15. The van der Waals surface area contributed by atoms with Crippen LogP contribution < -0.4 is 10.6 Å². The van der Waals surface area contributed by atoms with Crippen LogP contribution in [0.4, 0.5) is 9.93 Å². The van der Waals surface area contributed by atoms with Crippen LogP contribution in [0.3, 0.4) is 0 Å². The van der Waals surface area contributed by atoms with Crippen molar-refractivity contribution in [1.82, 2.24) is 10.3 Å². The van der Waals surface area contributed by atoms with E-state index < -0.39 is 0 Å². The molecule has 1 fully saturated rings. The number of rotatable bonds is 2. The second kappa shape index (κ2) is 4.62. The second-order valence-corrected chi connectivity index (χ2v) is 5.49. The molecule has 5 nitrogen and oxygen atoms in total. The summed E-state index contributed by atoms with van der Waals surface area (Å²) in [6.45, 7) is 1.35. The fourth-order valence-electron chi connectivity index (χ4n) is 2.21. The molecular formula is C11H15N3O2S. The number of carbonyl (C=O) groups excluding carboxylic acids is 1. The molecule has 2 amide bonds. The molecule has 17 heavy (non-hydrogen) atoms. The minimum Gasteiger partial charge on any atom is -0.379 e. The first-order valence-corrected chi connectivity index (χ1v) is 6.77. The van der Waals surface area contributed by atoms with E-state index in [0.29, 0.717) is 11.7 Å². The van der Waals surface area contributed by atoms with Gasteiger partial charge >= 0.3 is 6.03 Å². The number of carbonyl (C=O) groups is 1. The van der Waals surface area contributed by atoms with Crippen LogP contribution in [0.15, 0.2) is 0 Å². The maximum Gasteiger partial charge on any atom is 0.321 e. The molecule has 2 aliphatic rings. The Morgan fingerprint density at radius 1 is 1.47 bits per heavy atom. The molecule has 1 unspecified atom stereocenters. The van der Waals surface area contributed by atoms with E-state index in [1.165, 1.54) is 11.3 Å². The molecule has 0 radical (unpaired) electrons. The molecule has 6 heteroatoms. The van der Waals surface area contributed by atoms with E-state index in [0.717, 1.165) is 31.6 Å². The van der Waals surface area contributed by atoms with Crippen molar-refractivity contribution in [2.45, 2.75) is 31.7 Å². The van der Waals surface area contributed by atoms with Gasteiger partial charge in [-0.05, 0) is 25.7 Å². The maximum atomic E-state index is 11.7. The van der Waals surface area contributed by atoms with Crippen molar-refractivity contribution >= 4 is 22.5 Å². The van der Waals surface area contributed by atoms with Crippen LogP contribution in [0.2, 0.25) is 0 Å². The summed E-state index contributed by atoms with van der Waals surface area (Å²) in [6, 6.07) is -0.0327. The van der Waals surface area contributed by atoms with Crippen LogP contribution >= 0.6 is 11.3 Å². The van der Waals surface area contributed by atoms with E-state index in [4.69, 9.17) is 4.74 Å². The van der Waals surface area contributed by atoms with Gasteiger partial charge in [0.15, 0.2) is 5.13 Å². The van der Waals surface area contributed by atoms with Crippen molar-refractivity contribution in [1.29, 1.82) is 0 Å². The number of aromatic nitrogens is 1. The molecule has 1 atom stereocenters. The number of nitrogens with one attached hydrogen (secondary N) is 2. The Morgan fingerprint density at radius 3 is 3.18 bits per heavy atom. The summed E-state index contributed by atoms with van der Waals surface area (Å²) in [5, 5.41) is 6.40. The van der Waals surface area contributed by atoms with Gasteiger partial charge in [0.1, 0.15) is 0 Å². The number of fused-ring (bicyclic) bond motifs is 1. The number of ether oxygens (including phenoxy) is 1. The molecule has 0 spiro atoms. The van der Waals surface area contributed by atoms with Gasteiger partial charge in [-0.1, -0.05) is 0 Å². The Kier molecular flexibility index (Phi) is 2.98. The summed E-state index contributed by atoms with van der Waals surface area (Å²) in [7, 11) is 0. The topological polar surface area (TPSA) is 63.2 Å². The molecule has 0 bridgehead atoms. The molecule has 0 saturated carbocycles. The fraction of sp³-hybridized carbons (Fsp3) is 0.636. The molecule has 0 aromatic carbocycles. The molecule has 1 aromatic heterocycles. The highest BCUT2D eigenvalue weighted by Crippen LogP contribution is 2.30. The first-order valence-electron chi connectivity index (χ1n) is 5.95. The molecule has 92 valence electrons. The van der Waals surface area contributed by atoms with Crippen molar-refractivity contribution in [3.05, 3.63) is 10.6 Å². The Bertz CT molecular complexity index is 405. The zero-order valence-corrected chi connectivity index (χ0v) is 10.3. The highest BCUT2D eigenvalue weighted by Gasteiger charge is 2.20. The summed E-state index contributed by atoms with van der Waals surface area (Å²) < 4.78 is 5.20. The lowest BCUT2D eigenvalue weighted by atomic mass is 10.3. The molecular weight excluding hydrogens is 238 g/mol. The summed E-state index contributed by atoms with van der Waals surface area (Å²) in [5.74, 6) is 0. The van der Waals surface area contributed by atoms with Crippen molar-refractivity contribution in [3.63, 3.8) is 0 Å². The van der Waals surface area contributed by atoms with Crippen LogP contribution in [0, 0.1) is 0 Å². The lowest BCUT2D eigenvalue weighted by Gasteiger charge is -2.10. The molecule has 2 heterocycles. The zero-order chi connectivity index (χ0) is 11.7. The Hall–Kier alpha value is -1.14. The van der Waals surface area contributed by atoms with Crippen LogP contribution in [-0.2, 0) is 17.6 Å². The number of anilines is 1. The molecule has 1 aromatic rings. The van der Waals surface area contributed by atoms with Gasteiger partial charge < -0.3 is 10.1 Å². The van der Waals surface area contributed by atoms with E-state index in [2.05, 4.69) is 15.6 Å². The van der Waals surface area contributed by atoms with E-state index in [-0.39, 0.29) is 12.1 Å². The first kappa shape index (κ1) is 11.0.